The van der Waals surface area contributed by atoms with Gasteiger partial charge in [0.25, 0.3) is 5.91 Å². The number of imidazole rings is 1. The van der Waals surface area contributed by atoms with Crippen LogP contribution < -0.4 is 11.1 Å². The quantitative estimate of drug-likeness (QED) is 0.180. The third-order valence-electron chi connectivity index (χ3n) is 6.98. The average Bonchev–Trinajstić information content (AvgIpc) is 3.42. The number of aromatic nitrogens is 4. The number of nitrogens with zero attached hydrogens (tertiary/aromatic N) is 4. The average molecular weight is 565 g/mol. The molecule has 0 aliphatic heterocycles. The van der Waals surface area contributed by atoms with Crippen LogP contribution in [-0.2, 0) is 6.54 Å². The number of rotatable bonds is 7. The zero-order chi connectivity index (χ0) is 29.9. The highest BCUT2D eigenvalue weighted by Gasteiger charge is 2.19. The van der Waals surface area contributed by atoms with E-state index in [0.29, 0.717) is 34.7 Å². The maximum absolute atomic E-state index is 12.6. The van der Waals surface area contributed by atoms with Gasteiger partial charge >= 0.3 is 0 Å². The number of carbonyl (C=O) groups is 2. The van der Waals surface area contributed by atoms with Crippen LogP contribution in [-0.4, -0.2) is 36.8 Å². The molecule has 0 atom stereocenters. The summed E-state index contributed by atoms with van der Waals surface area (Å²) in [6.45, 7) is 0.246. The normalized spacial score (nSPS) is 10.8. The van der Waals surface area contributed by atoms with Gasteiger partial charge in [0, 0.05) is 35.1 Å². The molecule has 6 rings (SSSR count). The largest absolute Gasteiger partial charge is 0.507 e. The lowest BCUT2D eigenvalue weighted by atomic mass is 10.1. The van der Waals surface area contributed by atoms with Gasteiger partial charge in [0.2, 0.25) is 0 Å². The van der Waals surface area contributed by atoms with Crippen LogP contribution in [0.3, 0.4) is 0 Å². The van der Waals surface area contributed by atoms with Gasteiger partial charge < -0.3 is 16.2 Å². The molecule has 3 aromatic carbocycles. The van der Waals surface area contributed by atoms with Gasteiger partial charge in [0.1, 0.15) is 17.1 Å². The Balaban J connectivity index is 1.36. The van der Waals surface area contributed by atoms with Crippen LogP contribution in [0.2, 0.25) is 0 Å². The number of phenolic OH excluding ortho intramolecular Hbond substituents is 1. The Morgan fingerprint density at radius 1 is 1.00 bits per heavy atom. The maximum atomic E-state index is 12.6. The molecular weight excluding hydrogens is 540 g/mol. The van der Waals surface area contributed by atoms with Gasteiger partial charge in [-0.1, -0.05) is 30.2 Å². The molecule has 1 amide bonds. The summed E-state index contributed by atoms with van der Waals surface area (Å²) < 4.78 is 1.93. The van der Waals surface area contributed by atoms with Crippen molar-refractivity contribution in [3.63, 3.8) is 0 Å². The molecule has 6 aromatic rings. The topological polar surface area (TPSA) is 136 Å². The van der Waals surface area contributed by atoms with Crippen LogP contribution in [0.5, 0.6) is 5.75 Å². The Hall–Kier alpha value is -6.27. The fourth-order valence-electron chi connectivity index (χ4n) is 4.75. The van der Waals surface area contributed by atoms with E-state index in [1.165, 1.54) is 18.2 Å². The Morgan fingerprint density at radius 2 is 1.84 bits per heavy atom. The number of aldehydes is 1. The summed E-state index contributed by atoms with van der Waals surface area (Å²) in [6, 6.07) is 26.9. The number of hydrogen-bond donors (Lipinski definition) is 3. The highest BCUT2D eigenvalue weighted by Crippen LogP contribution is 2.32. The summed E-state index contributed by atoms with van der Waals surface area (Å²) in [4.78, 5) is 37.7. The van der Waals surface area contributed by atoms with Crippen LogP contribution in [0.15, 0.2) is 97.2 Å². The first-order valence-electron chi connectivity index (χ1n) is 13.3. The Morgan fingerprint density at radius 3 is 2.58 bits per heavy atom. The molecule has 43 heavy (non-hydrogen) atoms. The van der Waals surface area contributed by atoms with E-state index in [2.05, 4.69) is 16.2 Å². The number of phenols is 1. The second-order valence-corrected chi connectivity index (χ2v) is 9.71. The molecule has 0 radical (unpaired) electrons. The third-order valence-corrected chi connectivity index (χ3v) is 6.98. The number of amides is 1. The molecule has 3 heterocycles. The number of nitrogen functional groups attached to an aromatic ring is 1. The number of terminal acetylenes is 1. The monoisotopic (exact) mass is 564 g/mol. The van der Waals surface area contributed by atoms with Crippen molar-refractivity contribution in [3.8, 4) is 46.4 Å². The van der Waals surface area contributed by atoms with Crippen molar-refractivity contribution in [1.82, 2.24) is 24.8 Å². The van der Waals surface area contributed by atoms with Crippen molar-refractivity contribution in [2.75, 3.05) is 5.73 Å². The summed E-state index contributed by atoms with van der Waals surface area (Å²) in [7, 11) is 0. The number of benzene rings is 3. The lowest BCUT2D eigenvalue weighted by Gasteiger charge is -2.12. The number of nitrogens with two attached hydrogens (primary N) is 1. The van der Waals surface area contributed by atoms with Crippen molar-refractivity contribution in [2.45, 2.75) is 6.54 Å². The van der Waals surface area contributed by atoms with Gasteiger partial charge in [0.05, 0.1) is 16.8 Å². The van der Waals surface area contributed by atoms with Gasteiger partial charge in [0.15, 0.2) is 17.8 Å². The standard InChI is InChI=1S/C34H24N6O3/c1-2-21-5-3-6-23(17-21)28-14-15-29-33(38-28)40(32(39-29)27-7-4-16-36-31(27)35)26-12-8-22(9-13-26)19-37-34(43)24-10-11-25(20-41)30(42)18-24/h1,3-18,20,42H,19H2,(H2,35,36)(H,37,43). The first kappa shape index (κ1) is 26.9. The smallest absolute Gasteiger partial charge is 0.251 e. The SMILES string of the molecule is C#Cc1cccc(-c2ccc3nc(-c4cccnc4N)n(-c4ccc(CNC(=O)c5ccc(C=O)c(O)c5)cc4)c3n2)c1. The molecule has 0 saturated heterocycles. The number of aromatic hydroxyl groups is 1. The van der Waals surface area contributed by atoms with Gasteiger partial charge in [-0.05, 0) is 72.3 Å². The lowest BCUT2D eigenvalue weighted by Crippen LogP contribution is -2.22. The predicted molar refractivity (Wildman–Crippen MR) is 165 cm³/mol. The highest BCUT2D eigenvalue weighted by molar-refractivity contribution is 5.95. The van der Waals surface area contributed by atoms with E-state index in [4.69, 9.17) is 22.1 Å². The summed E-state index contributed by atoms with van der Waals surface area (Å²) >= 11 is 0. The molecule has 9 heteroatoms. The zero-order valence-corrected chi connectivity index (χ0v) is 22.7. The molecule has 0 fully saturated rings. The van der Waals surface area contributed by atoms with Crippen molar-refractivity contribution >= 4 is 29.2 Å². The summed E-state index contributed by atoms with van der Waals surface area (Å²) in [5, 5.41) is 12.7. The minimum absolute atomic E-state index is 0.120. The van der Waals surface area contributed by atoms with Gasteiger partial charge in [-0.3, -0.25) is 14.2 Å². The molecule has 0 saturated carbocycles. The number of hydrogen-bond acceptors (Lipinski definition) is 7. The number of nitrogens with one attached hydrogen (secondary N) is 1. The molecule has 0 spiro atoms. The second-order valence-electron chi connectivity index (χ2n) is 9.71. The van der Waals surface area contributed by atoms with Crippen LogP contribution in [0.4, 0.5) is 5.82 Å². The van der Waals surface area contributed by atoms with Crippen molar-refractivity contribution in [2.24, 2.45) is 0 Å². The number of carbonyl (C=O) groups excluding carboxylic acids is 2. The Bertz CT molecular complexity index is 2060. The predicted octanol–water partition coefficient (Wildman–Crippen LogP) is 5.16. The highest BCUT2D eigenvalue weighted by atomic mass is 16.3. The van der Waals surface area contributed by atoms with E-state index in [-0.39, 0.29) is 29.3 Å². The van der Waals surface area contributed by atoms with Gasteiger partial charge in [-0.2, -0.15) is 0 Å². The molecule has 0 aliphatic rings. The van der Waals surface area contributed by atoms with E-state index in [9.17, 15) is 14.7 Å². The fraction of sp³-hybridized carbons (Fsp3) is 0.0294. The molecule has 0 aliphatic carbocycles. The second kappa shape index (κ2) is 11.3. The molecule has 9 nitrogen and oxygen atoms in total. The zero-order valence-electron chi connectivity index (χ0n) is 22.7. The Kier molecular flexibility index (Phi) is 7.08. The summed E-state index contributed by atoms with van der Waals surface area (Å²) in [5.74, 6) is 2.97. The number of anilines is 1. The van der Waals surface area contributed by atoms with E-state index < -0.39 is 0 Å². The number of fused-ring (bicyclic) bond motifs is 1. The van der Waals surface area contributed by atoms with Crippen LogP contribution in [0.25, 0.3) is 39.5 Å². The first-order valence-corrected chi connectivity index (χ1v) is 13.3. The van der Waals surface area contributed by atoms with Crippen LogP contribution >= 0.6 is 0 Å². The summed E-state index contributed by atoms with van der Waals surface area (Å²) in [6.07, 6.45) is 7.78. The van der Waals surface area contributed by atoms with E-state index in [1.807, 2.05) is 71.3 Å². The van der Waals surface area contributed by atoms with Crippen molar-refractivity contribution in [1.29, 1.82) is 0 Å². The number of pyridine rings is 2. The molecule has 208 valence electrons. The van der Waals surface area contributed by atoms with Crippen LogP contribution in [0.1, 0.15) is 31.8 Å². The molecule has 0 bridgehead atoms. The maximum Gasteiger partial charge on any atom is 0.251 e. The minimum Gasteiger partial charge on any atom is -0.507 e. The van der Waals surface area contributed by atoms with Gasteiger partial charge in [-0.25, -0.2) is 15.0 Å². The van der Waals surface area contributed by atoms with Crippen LogP contribution in [0, 0.1) is 12.3 Å². The van der Waals surface area contributed by atoms with Gasteiger partial charge in [-0.15, -0.1) is 6.42 Å². The fourth-order valence-corrected chi connectivity index (χ4v) is 4.75. The molecular formula is C34H24N6O3. The molecule has 0 unspecified atom stereocenters. The van der Waals surface area contributed by atoms with E-state index >= 15 is 0 Å². The van der Waals surface area contributed by atoms with E-state index in [1.54, 1.807) is 12.3 Å². The van der Waals surface area contributed by atoms with E-state index in [0.717, 1.165) is 28.1 Å². The third kappa shape index (κ3) is 5.28. The molecule has 4 N–H and O–H groups in total. The molecule has 3 aromatic heterocycles. The lowest BCUT2D eigenvalue weighted by molar-refractivity contribution is 0.0949. The van der Waals surface area contributed by atoms with Crippen molar-refractivity contribution in [3.05, 3.63) is 119 Å². The minimum atomic E-state index is -0.377. The van der Waals surface area contributed by atoms with Crippen molar-refractivity contribution < 1.29 is 14.7 Å². The summed E-state index contributed by atoms with van der Waals surface area (Å²) in [5.41, 5.74) is 12.6. The Labute approximate surface area is 246 Å². The first-order chi connectivity index (χ1) is 20.9.